The number of ether oxygens (including phenoxy) is 1. The van der Waals surface area contributed by atoms with Crippen molar-refractivity contribution in [3.63, 3.8) is 0 Å². The molecule has 0 aliphatic rings. The van der Waals surface area contributed by atoms with Crippen LogP contribution in [0.3, 0.4) is 0 Å². The number of para-hydroxylation sites is 1. The van der Waals surface area contributed by atoms with E-state index in [1.807, 2.05) is 6.07 Å². The average Bonchev–Trinajstić information content (AvgIpc) is 2.65. The zero-order valence-electron chi connectivity index (χ0n) is 13.4. The minimum Gasteiger partial charge on any atom is -0.456 e. The van der Waals surface area contributed by atoms with Crippen LogP contribution >= 0.6 is 11.6 Å². The zero-order chi connectivity index (χ0) is 18.6. The van der Waals surface area contributed by atoms with Crippen LogP contribution in [-0.2, 0) is 10.0 Å². The Kier molecular flexibility index (Phi) is 5.12. The number of hydrogen-bond donors (Lipinski definition) is 1. The summed E-state index contributed by atoms with van der Waals surface area (Å²) in [7, 11) is -3.87. The van der Waals surface area contributed by atoms with Crippen LogP contribution in [0.5, 0.6) is 11.5 Å². The Morgan fingerprint density at radius 3 is 2.27 bits per heavy atom. The minimum atomic E-state index is -3.87. The molecule has 0 radical (unpaired) electrons. The molecule has 0 atom stereocenters. The molecule has 0 unspecified atom stereocenters. The number of nitrogens with one attached hydrogen (secondary N) is 1. The van der Waals surface area contributed by atoms with Gasteiger partial charge < -0.3 is 4.74 Å². The molecule has 130 valence electrons. The predicted octanol–water partition coefficient (Wildman–Crippen LogP) is 4.80. The van der Waals surface area contributed by atoms with Gasteiger partial charge in [0.2, 0.25) is 0 Å². The van der Waals surface area contributed by atoms with E-state index in [-0.39, 0.29) is 10.5 Å². The van der Waals surface area contributed by atoms with Gasteiger partial charge >= 0.3 is 0 Å². The highest BCUT2D eigenvalue weighted by Crippen LogP contribution is 2.29. The molecule has 0 heterocycles. The molecule has 5 nitrogen and oxygen atoms in total. The van der Waals surface area contributed by atoms with Gasteiger partial charge in [-0.15, -0.1) is 0 Å². The summed E-state index contributed by atoms with van der Waals surface area (Å²) in [6, 6.07) is 21.3. The van der Waals surface area contributed by atoms with Crippen LogP contribution in [0.2, 0.25) is 5.02 Å². The summed E-state index contributed by atoms with van der Waals surface area (Å²) in [5.41, 5.74) is 0.433. The second kappa shape index (κ2) is 7.48. The molecule has 0 aromatic heterocycles. The predicted molar refractivity (Wildman–Crippen MR) is 99.9 cm³/mol. The van der Waals surface area contributed by atoms with Gasteiger partial charge in [-0.05, 0) is 48.5 Å². The van der Waals surface area contributed by atoms with Crippen molar-refractivity contribution in [3.05, 3.63) is 83.4 Å². The van der Waals surface area contributed by atoms with E-state index in [0.29, 0.717) is 22.2 Å². The quantitative estimate of drug-likeness (QED) is 0.684. The maximum atomic E-state index is 12.5. The van der Waals surface area contributed by atoms with Crippen molar-refractivity contribution < 1.29 is 13.2 Å². The smallest absolute Gasteiger partial charge is 0.263 e. The van der Waals surface area contributed by atoms with E-state index in [9.17, 15) is 8.42 Å². The lowest BCUT2D eigenvalue weighted by molar-refractivity contribution is 0.483. The molecular weight excluding hydrogens is 372 g/mol. The highest BCUT2D eigenvalue weighted by Gasteiger charge is 2.18. The monoisotopic (exact) mass is 384 g/mol. The number of halogens is 1. The summed E-state index contributed by atoms with van der Waals surface area (Å²) in [4.78, 5) is -0.0705. The van der Waals surface area contributed by atoms with Gasteiger partial charge in [0.1, 0.15) is 22.5 Å². The fraction of sp³-hybridized carbons (Fsp3) is 0. The Morgan fingerprint density at radius 1 is 0.923 bits per heavy atom. The molecule has 0 aliphatic carbocycles. The van der Waals surface area contributed by atoms with Gasteiger partial charge in [0.15, 0.2) is 0 Å². The van der Waals surface area contributed by atoms with Crippen molar-refractivity contribution in [3.8, 4) is 17.6 Å². The van der Waals surface area contributed by atoms with E-state index in [1.165, 1.54) is 12.1 Å². The molecule has 1 N–H and O–H groups in total. The van der Waals surface area contributed by atoms with Crippen molar-refractivity contribution in [2.75, 3.05) is 4.72 Å². The number of anilines is 1. The highest BCUT2D eigenvalue weighted by atomic mass is 35.5. The fourth-order valence-corrected chi connectivity index (χ4v) is 3.64. The fourth-order valence-electron chi connectivity index (χ4n) is 2.25. The molecule has 0 saturated heterocycles. The minimum absolute atomic E-state index is 0.0705. The third-order valence-corrected chi connectivity index (χ3v) is 5.22. The molecule has 3 rings (SSSR count). The topological polar surface area (TPSA) is 79.2 Å². The van der Waals surface area contributed by atoms with E-state index in [1.54, 1.807) is 60.7 Å². The lowest BCUT2D eigenvalue weighted by Crippen LogP contribution is -2.14. The van der Waals surface area contributed by atoms with Crippen LogP contribution in [0.4, 0.5) is 5.69 Å². The van der Waals surface area contributed by atoms with Crippen LogP contribution in [-0.4, -0.2) is 8.42 Å². The lowest BCUT2D eigenvalue weighted by atomic mass is 10.2. The van der Waals surface area contributed by atoms with E-state index in [2.05, 4.69) is 4.72 Å². The Morgan fingerprint density at radius 2 is 1.58 bits per heavy atom. The summed E-state index contributed by atoms with van der Waals surface area (Å²) in [5, 5.41) is 9.55. The maximum Gasteiger partial charge on any atom is 0.263 e. The molecule has 7 heteroatoms. The Hall–Kier alpha value is -3.01. The second-order valence-corrected chi connectivity index (χ2v) is 7.33. The van der Waals surface area contributed by atoms with Crippen molar-refractivity contribution in [2.45, 2.75) is 4.90 Å². The van der Waals surface area contributed by atoms with Gasteiger partial charge in [0, 0.05) is 5.69 Å². The summed E-state index contributed by atoms with van der Waals surface area (Å²) in [6.45, 7) is 0. The first-order valence-electron chi connectivity index (χ1n) is 7.54. The van der Waals surface area contributed by atoms with Crippen LogP contribution < -0.4 is 9.46 Å². The van der Waals surface area contributed by atoms with Crippen molar-refractivity contribution in [2.24, 2.45) is 0 Å². The van der Waals surface area contributed by atoms with Crippen molar-refractivity contribution >= 4 is 27.3 Å². The van der Waals surface area contributed by atoms with Gasteiger partial charge in [-0.2, -0.15) is 5.26 Å². The molecule has 0 fully saturated rings. The Bertz CT molecular complexity index is 1070. The zero-order valence-corrected chi connectivity index (χ0v) is 15.0. The molecule has 0 aliphatic heterocycles. The normalized spacial score (nSPS) is 10.8. The third kappa shape index (κ3) is 3.97. The number of benzene rings is 3. The largest absolute Gasteiger partial charge is 0.456 e. The molecule has 0 spiro atoms. The summed E-state index contributed by atoms with van der Waals surface area (Å²) in [5.74, 6) is 1.02. The van der Waals surface area contributed by atoms with Gasteiger partial charge in [-0.25, -0.2) is 8.42 Å². The van der Waals surface area contributed by atoms with Crippen LogP contribution in [0.25, 0.3) is 0 Å². The Balaban J connectivity index is 1.79. The van der Waals surface area contributed by atoms with Gasteiger partial charge in [0.25, 0.3) is 10.0 Å². The first kappa shape index (κ1) is 17.8. The summed E-state index contributed by atoms with van der Waals surface area (Å²) >= 11 is 6.05. The van der Waals surface area contributed by atoms with E-state index in [0.717, 1.165) is 0 Å². The highest BCUT2D eigenvalue weighted by molar-refractivity contribution is 7.92. The first-order chi connectivity index (χ1) is 12.5. The molecule has 0 bridgehead atoms. The molecule has 0 amide bonds. The van der Waals surface area contributed by atoms with Gasteiger partial charge in [-0.3, -0.25) is 4.72 Å². The number of hydrogen-bond acceptors (Lipinski definition) is 4. The van der Waals surface area contributed by atoms with Gasteiger partial charge in [-0.1, -0.05) is 35.9 Å². The second-order valence-electron chi connectivity index (χ2n) is 5.27. The molecule has 26 heavy (non-hydrogen) atoms. The van der Waals surface area contributed by atoms with Crippen LogP contribution in [0.1, 0.15) is 5.56 Å². The summed E-state index contributed by atoms with van der Waals surface area (Å²) < 4.78 is 33.1. The van der Waals surface area contributed by atoms with Crippen LogP contribution in [0, 0.1) is 11.3 Å². The van der Waals surface area contributed by atoms with Crippen molar-refractivity contribution in [1.82, 2.24) is 0 Å². The SMILES string of the molecule is N#Cc1ccccc1S(=O)(=O)Nc1ccc(Oc2ccccc2Cl)cc1. The molecular formula is C19H13ClN2O3S. The van der Waals surface area contributed by atoms with Crippen LogP contribution in [0.15, 0.2) is 77.7 Å². The molecule has 3 aromatic carbocycles. The van der Waals surface area contributed by atoms with Gasteiger partial charge in [0.05, 0.1) is 10.6 Å². The van der Waals surface area contributed by atoms with E-state index in [4.69, 9.17) is 21.6 Å². The van der Waals surface area contributed by atoms with Crippen molar-refractivity contribution in [1.29, 1.82) is 5.26 Å². The number of nitrogens with zero attached hydrogens (tertiary/aromatic N) is 1. The third-order valence-electron chi connectivity index (χ3n) is 3.47. The van der Waals surface area contributed by atoms with E-state index >= 15 is 0 Å². The molecule has 3 aromatic rings. The lowest BCUT2D eigenvalue weighted by Gasteiger charge is -2.11. The summed E-state index contributed by atoms with van der Waals surface area (Å²) in [6.07, 6.45) is 0. The first-order valence-corrected chi connectivity index (χ1v) is 9.40. The maximum absolute atomic E-state index is 12.5. The number of rotatable bonds is 5. The number of nitriles is 1. The average molecular weight is 385 g/mol. The number of sulfonamides is 1. The van der Waals surface area contributed by atoms with E-state index < -0.39 is 10.0 Å². The standard InChI is InChI=1S/C19H13ClN2O3S/c20-17-6-2-3-7-18(17)25-16-11-9-15(10-12-16)22-26(23,24)19-8-4-1-5-14(19)13-21/h1-12,22H. The Labute approximate surface area is 156 Å². The molecule has 0 saturated carbocycles.